The molecule has 0 amide bonds. The molecule has 1 fully saturated rings. The number of rotatable bonds is 4. The Hall–Kier alpha value is -0.170. The first-order valence-corrected chi connectivity index (χ1v) is 6.36. The average Bonchev–Trinajstić information content (AvgIpc) is 2.45. The van der Waals surface area contributed by atoms with Crippen LogP contribution in [-0.4, -0.2) is 44.1 Å². The van der Waals surface area contributed by atoms with Gasteiger partial charge in [-0.05, 0) is 13.8 Å². The fraction of sp³-hybridized carbons (Fsp3) is 1.00. The lowest BCUT2D eigenvalue weighted by Gasteiger charge is -2.25. The molecular formula is C8H17NO4S. The van der Waals surface area contributed by atoms with E-state index in [1.165, 1.54) is 0 Å². The van der Waals surface area contributed by atoms with Gasteiger partial charge in [0.05, 0.1) is 11.9 Å². The van der Waals surface area contributed by atoms with Gasteiger partial charge in [-0.3, -0.25) is 0 Å². The van der Waals surface area contributed by atoms with Gasteiger partial charge in [-0.2, -0.15) is 0 Å². The highest BCUT2D eigenvalue weighted by molar-refractivity contribution is 7.89. The van der Waals surface area contributed by atoms with E-state index in [0.717, 1.165) is 0 Å². The second-order valence-corrected chi connectivity index (χ2v) is 5.69. The summed E-state index contributed by atoms with van der Waals surface area (Å²) in [4.78, 5) is 0. The first-order chi connectivity index (χ1) is 6.40. The molecule has 1 aliphatic heterocycles. The van der Waals surface area contributed by atoms with E-state index in [9.17, 15) is 13.5 Å². The van der Waals surface area contributed by atoms with Gasteiger partial charge in [-0.1, -0.05) is 0 Å². The van der Waals surface area contributed by atoms with Crippen molar-refractivity contribution in [3.05, 3.63) is 0 Å². The summed E-state index contributed by atoms with van der Waals surface area (Å²) in [6.45, 7) is 3.81. The van der Waals surface area contributed by atoms with Crippen molar-refractivity contribution in [3.8, 4) is 0 Å². The third-order valence-corrected chi connectivity index (χ3v) is 3.98. The summed E-state index contributed by atoms with van der Waals surface area (Å²) in [6.07, 6.45) is 0.155. The van der Waals surface area contributed by atoms with Gasteiger partial charge < -0.3 is 9.84 Å². The molecule has 0 aromatic heterocycles. The van der Waals surface area contributed by atoms with E-state index in [0.29, 0.717) is 13.0 Å². The van der Waals surface area contributed by atoms with Crippen molar-refractivity contribution < 1.29 is 18.3 Å². The summed E-state index contributed by atoms with van der Waals surface area (Å²) in [7, 11) is -3.23. The van der Waals surface area contributed by atoms with Crippen molar-refractivity contribution >= 4 is 10.0 Å². The topological polar surface area (TPSA) is 75.6 Å². The molecule has 6 heteroatoms. The van der Waals surface area contributed by atoms with Gasteiger partial charge in [0.25, 0.3) is 0 Å². The van der Waals surface area contributed by atoms with Gasteiger partial charge in [0.2, 0.25) is 10.0 Å². The normalized spacial score (nSPS) is 33.5. The van der Waals surface area contributed by atoms with Gasteiger partial charge in [0.15, 0.2) is 0 Å². The van der Waals surface area contributed by atoms with E-state index in [1.807, 2.05) is 0 Å². The Morgan fingerprint density at radius 3 is 2.71 bits per heavy atom. The third-order valence-electron chi connectivity index (χ3n) is 2.64. The van der Waals surface area contributed by atoms with Crippen LogP contribution in [0, 0.1) is 0 Å². The predicted molar refractivity (Wildman–Crippen MR) is 52.4 cm³/mol. The summed E-state index contributed by atoms with van der Waals surface area (Å²) in [6, 6.07) is 0. The molecule has 0 radical (unpaired) electrons. The minimum absolute atomic E-state index is 0.0261. The highest BCUT2D eigenvalue weighted by Gasteiger charge is 2.39. The maximum atomic E-state index is 11.1. The van der Waals surface area contributed by atoms with Crippen LogP contribution in [0.4, 0.5) is 0 Å². The third kappa shape index (κ3) is 2.66. The zero-order chi connectivity index (χ0) is 10.8. The molecule has 14 heavy (non-hydrogen) atoms. The zero-order valence-corrected chi connectivity index (χ0v) is 9.30. The van der Waals surface area contributed by atoms with E-state index in [4.69, 9.17) is 4.74 Å². The fourth-order valence-corrected chi connectivity index (χ4v) is 2.01. The standard InChI is InChI=1S/C8H17NO4S/c1-3-14(11,12)9-6-8(10)4-5-13-7(8)2/h7,9-10H,3-6H2,1-2H3. The number of sulfonamides is 1. The molecule has 0 aliphatic carbocycles. The Morgan fingerprint density at radius 1 is 1.64 bits per heavy atom. The number of hydrogen-bond acceptors (Lipinski definition) is 4. The van der Waals surface area contributed by atoms with Gasteiger partial charge in [0.1, 0.15) is 5.60 Å². The highest BCUT2D eigenvalue weighted by Crippen LogP contribution is 2.24. The van der Waals surface area contributed by atoms with Crippen molar-refractivity contribution in [2.24, 2.45) is 0 Å². The van der Waals surface area contributed by atoms with Crippen LogP contribution in [0.1, 0.15) is 20.3 Å². The van der Waals surface area contributed by atoms with E-state index in [-0.39, 0.29) is 18.4 Å². The van der Waals surface area contributed by atoms with Crippen molar-refractivity contribution in [2.75, 3.05) is 18.9 Å². The molecule has 5 nitrogen and oxygen atoms in total. The van der Waals surface area contributed by atoms with E-state index in [2.05, 4.69) is 4.72 Å². The highest BCUT2D eigenvalue weighted by atomic mass is 32.2. The van der Waals surface area contributed by atoms with Crippen molar-refractivity contribution in [1.82, 2.24) is 4.72 Å². The van der Waals surface area contributed by atoms with Crippen LogP contribution in [-0.2, 0) is 14.8 Å². The molecule has 1 aliphatic rings. The van der Waals surface area contributed by atoms with Gasteiger partial charge in [-0.15, -0.1) is 0 Å². The first kappa shape index (κ1) is 11.9. The van der Waals surface area contributed by atoms with Crippen LogP contribution in [0.2, 0.25) is 0 Å². The SMILES string of the molecule is CCS(=O)(=O)NCC1(O)CCOC1C. The van der Waals surface area contributed by atoms with Crippen LogP contribution >= 0.6 is 0 Å². The summed E-state index contributed by atoms with van der Waals surface area (Å²) < 4.78 is 29.8. The maximum absolute atomic E-state index is 11.1. The largest absolute Gasteiger partial charge is 0.386 e. The van der Waals surface area contributed by atoms with Gasteiger partial charge in [0, 0.05) is 19.6 Å². The minimum Gasteiger partial charge on any atom is -0.386 e. The second-order valence-electron chi connectivity index (χ2n) is 3.59. The zero-order valence-electron chi connectivity index (χ0n) is 8.49. The average molecular weight is 223 g/mol. The van der Waals surface area contributed by atoms with Crippen molar-refractivity contribution in [1.29, 1.82) is 0 Å². The molecule has 2 N–H and O–H groups in total. The van der Waals surface area contributed by atoms with Gasteiger partial charge >= 0.3 is 0 Å². The molecule has 2 atom stereocenters. The van der Waals surface area contributed by atoms with Crippen LogP contribution in [0.15, 0.2) is 0 Å². The number of aliphatic hydroxyl groups is 1. The molecule has 0 aromatic rings. The smallest absolute Gasteiger partial charge is 0.211 e. The molecule has 84 valence electrons. The Kier molecular flexibility index (Phi) is 3.52. The minimum atomic E-state index is -3.23. The Balaban J connectivity index is 2.52. The fourth-order valence-electron chi connectivity index (χ4n) is 1.34. The van der Waals surface area contributed by atoms with Crippen LogP contribution in [0.5, 0.6) is 0 Å². The predicted octanol–water partition coefficient (Wildman–Crippen LogP) is -0.534. The molecule has 0 bridgehead atoms. The number of ether oxygens (including phenoxy) is 1. The summed E-state index contributed by atoms with van der Waals surface area (Å²) >= 11 is 0. The maximum Gasteiger partial charge on any atom is 0.211 e. The molecule has 1 heterocycles. The summed E-state index contributed by atoms with van der Waals surface area (Å²) in [5.74, 6) is 0.0261. The summed E-state index contributed by atoms with van der Waals surface area (Å²) in [5.41, 5.74) is -1.05. The lowest BCUT2D eigenvalue weighted by molar-refractivity contribution is -0.0228. The quantitative estimate of drug-likeness (QED) is 0.671. The Bertz CT molecular complexity index is 290. The molecule has 0 spiro atoms. The van der Waals surface area contributed by atoms with Crippen LogP contribution in [0.3, 0.4) is 0 Å². The Labute approximate surface area is 84.5 Å². The first-order valence-electron chi connectivity index (χ1n) is 4.71. The van der Waals surface area contributed by atoms with Crippen LogP contribution in [0.25, 0.3) is 0 Å². The van der Waals surface area contributed by atoms with E-state index in [1.54, 1.807) is 13.8 Å². The molecule has 0 aromatic carbocycles. The van der Waals surface area contributed by atoms with Crippen molar-refractivity contribution in [2.45, 2.75) is 32.0 Å². The van der Waals surface area contributed by atoms with Crippen molar-refractivity contribution in [3.63, 3.8) is 0 Å². The lowest BCUT2D eigenvalue weighted by atomic mass is 9.97. The summed E-state index contributed by atoms with van der Waals surface area (Å²) in [5, 5.41) is 9.97. The lowest BCUT2D eigenvalue weighted by Crippen LogP contribution is -2.47. The number of nitrogens with one attached hydrogen (secondary N) is 1. The molecule has 1 rings (SSSR count). The molecule has 1 saturated heterocycles. The van der Waals surface area contributed by atoms with Crippen LogP contribution < -0.4 is 4.72 Å². The van der Waals surface area contributed by atoms with E-state index >= 15 is 0 Å². The Morgan fingerprint density at radius 2 is 2.29 bits per heavy atom. The van der Waals surface area contributed by atoms with E-state index < -0.39 is 15.6 Å². The molecule has 2 unspecified atom stereocenters. The molecule has 0 saturated carbocycles. The monoisotopic (exact) mass is 223 g/mol. The second kappa shape index (κ2) is 4.14. The molecular weight excluding hydrogens is 206 g/mol. The van der Waals surface area contributed by atoms with Gasteiger partial charge in [-0.25, -0.2) is 13.1 Å². The number of hydrogen-bond donors (Lipinski definition) is 2.